The predicted octanol–water partition coefficient (Wildman–Crippen LogP) is 2.39. The fourth-order valence-electron chi connectivity index (χ4n) is 2.53. The Hall–Kier alpha value is -2.70. The van der Waals surface area contributed by atoms with Crippen LogP contribution in [0.25, 0.3) is 11.0 Å². The van der Waals surface area contributed by atoms with Gasteiger partial charge in [-0.05, 0) is 25.8 Å². The Labute approximate surface area is 126 Å². The fourth-order valence-corrected chi connectivity index (χ4v) is 2.53. The SMILES string of the molecule is Cc1nn(C)c2ncc(NC(=O)c3cc(C4CC4)on3)cc12. The van der Waals surface area contributed by atoms with E-state index < -0.39 is 0 Å². The van der Waals surface area contributed by atoms with Crippen LogP contribution >= 0.6 is 0 Å². The number of carbonyl (C=O) groups is 1. The summed E-state index contributed by atoms with van der Waals surface area (Å²) in [4.78, 5) is 16.5. The molecule has 112 valence electrons. The van der Waals surface area contributed by atoms with Crippen molar-refractivity contribution in [1.82, 2.24) is 19.9 Å². The molecule has 1 N–H and O–H groups in total. The molecule has 22 heavy (non-hydrogen) atoms. The van der Waals surface area contributed by atoms with Gasteiger partial charge in [0.05, 0.1) is 17.6 Å². The number of nitrogens with one attached hydrogen (secondary N) is 1. The van der Waals surface area contributed by atoms with Crippen molar-refractivity contribution >= 4 is 22.6 Å². The second kappa shape index (κ2) is 4.66. The molecule has 7 heteroatoms. The third kappa shape index (κ3) is 2.14. The molecule has 0 atom stereocenters. The maximum atomic E-state index is 12.2. The third-order valence-corrected chi connectivity index (χ3v) is 3.86. The van der Waals surface area contributed by atoms with Crippen LogP contribution in [0.4, 0.5) is 5.69 Å². The molecule has 1 amide bonds. The van der Waals surface area contributed by atoms with Crippen molar-refractivity contribution in [2.24, 2.45) is 7.05 Å². The number of amides is 1. The number of aryl methyl sites for hydroxylation is 2. The zero-order valence-electron chi connectivity index (χ0n) is 12.3. The molecule has 0 unspecified atom stereocenters. The van der Waals surface area contributed by atoms with E-state index in [-0.39, 0.29) is 5.91 Å². The highest BCUT2D eigenvalue weighted by molar-refractivity contribution is 6.03. The molecule has 1 aliphatic carbocycles. The standard InChI is InChI=1S/C15H15N5O2/c1-8-11-5-10(7-16-14(11)20(2)18-8)17-15(21)12-6-13(22-19-12)9-3-4-9/h5-7,9H,3-4H2,1-2H3,(H,17,21). The number of aromatic nitrogens is 4. The monoisotopic (exact) mass is 297 g/mol. The molecular formula is C15H15N5O2. The van der Waals surface area contributed by atoms with Gasteiger partial charge in [-0.1, -0.05) is 5.16 Å². The maximum Gasteiger partial charge on any atom is 0.277 e. The van der Waals surface area contributed by atoms with Gasteiger partial charge in [0.15, 0.2) is 11.3 Å². The zero-order chi connectivity index (χ0) is 15.3. The van der Waals surface area contributed by atoms with Crippen molar-refractivity contribution in [2.75, 3.05) is 5.32 Å². The molecule has 0 bridgehead atoms. The lowest BCUT2D eigenvalue weighted by atomic mass is 10.2. The Kier molecular flexibility index (Phi) is 2.75. The van der Waals surface area contributed by atoms with E-state index in [2.05, 4.69) is 20.6 Å². The zero-order valence-corrected chi connectivity index (χ0v) is 12.3. The summed E-state index contributed by atoms with van der Waals surface area (Å²) >= 11 is 0. The van der Waals surface area contributed by atoms with Crippen LogP contribution < -0.4 is 5.32 Å². The summed E-state index contributed by atoms with van der Waals surface area (Å²) in [5.41, 5.74) is 2.57. The molecule has 0 aromatic carbocycles. The van der Waals surface area contributed by atoms with Gasteiger partial charge in [-0.2, -0.15) is 5.10 Å². The van der Waals surface area contributed by atoms with Crippen molar-refractivity contribution in [3.8, 4) is 0 Å². The molecule has 0 aliphatic heterocycles. The quantitative estimate of drug-likeness (QED) is 0.802. The number of nitrogens with zero attached hydrogens (tertiary/aromatic N) is 4. The van der Waals surface area contributed by atoms with E-state index in [9.17, 15) is 4.79 Å². The number of pyridine rings is 1. The first-order valence-electron chi connectivity index (χ1n) is 7.19. The van der Waals surface area contributed by atoms with Gasteiger partial charge in [0.1, 0.15) is 5.76 Å². The highest BCUT2D eigenvalue weighted by Gasteiger charge is 2.28. The first-order valence-corrected chi connectivity index (χ1v) is 7.19. The van der Waals surface area contributed by atoms with Gasteiger partial charge < -0.3 is 9.84 Å². The normalized spacial score (nSPS) is 14.5. The van der Waals surface area contributed by atoms with Crippen LogP contribution in [0, 0.1) is 6.92 Å². The minimum Gasteiger partial charge on any atom is -0.360 e. The molecule has 1 saturated carbocycles. The average Bonchev–Trinajstić information content (AvgIpc) is 3.16. The van der Waals surface area contributed by atoms with E-state index in [4.69, 9.17) is 4.52 Å². The first-order chi connectivity index (χ1) is 10.6. The smallest absolute Gasteiger partial charge is 0.277 e. The third-order valence-electron chi connectivity index (χ3n) is 3.86. The molecule has 0 saturated heterocycles. The first kappa shape index (κ1) is 13.0. The summed E-state index contributed by atoms with van der Waals surface area (Å²) in [5.74, 6) is 0.935. The van der Waals surface area contributed by atoms with Crippen LogP contribution in [0.5, 0.6) is 0 Å². The minimum absolute atomic E-state index is 0.293. The molecular weight excluding hydrogens is 282 g/mol. The highest BCUT2D eigenvalue weighted by atomic mass is 16.5. The lowest BCUT2D eigenvalue weighted by Gasteiger charge is -2.02. The summed E-state index contributed by atoms with van der Waals surface area (Å²) in [6, 6.07) is 3.58. The second-order valence-electron chi connectivity index (χ2n) is 5.65. The van der Waals surface area contributed by atoms with Crippen LogP contribution in [-0.4, -0.2) is 25.8 Å². The molecule has 3 heterocycles. The van der Waals surface area contributed by atoms with Crippen LogP contribution in [-0.2, 0) is 7.05 Å². The molecule has 0 radical (unpaired) electrons. The molecule has 1 fully saturated rings. The van der Waals surface area contributed by atoms with E-state index in [1.807, 2.05) is 20.0 Å². The van der Waals surface area contributed by atoms with Gasteiger partial charge >= 0.3 is 0 Å². The summed E-state index contributed by atoms with van der Waals surface area (Å²) in [7, 11) is 1.84. The number of anilines is 1. The van der Waals surface area contributed by atoms with Gasteiger partial charge in [-0.3, -0.25) is 9.48 Å². The van der Waals surface area contributed by atoms with Crippen LogP contribution in [0.3, 0.4) is 0 Å². The number of fused-ring (bicyclic) bond motifs is 1. The Bertz CT molecular complexity index is 875. The summed E-state index contributed by atoms with van der Waals surface area (Å²) < 4.78 is 6.92. The van der Waals surface area contributed by atoms with Crippen LogP contribution in [0.15, 0.2) is 22.9 Å². The van der Waals surface area contributed by atoms with Gasteiger partial charge in [-0.25, -0.2) is 4.98 Å². The van der Waals surface area contributed by atoms with Crippen molar-refractivity contribution in [3.63, 3.8) is 0 Å². The fraction of sp³-hybridized carbons (Fsp3) is 0.333. The predicted molar refractivity (Wildman–Crippen MR) is 79.7 cm³/mol. The lowest BCUT2D eigenvalue weighted by Crippen LogP contribution is -2.12. The Balaban J connectivity index is 1.59. The highest BCUT2D eigenvalue weighted by Crippen LogP contribution is 2.40. The van der Waals surface area contributed by atoms with E-state index in [0.29, 0.717) is 17.3 Å². The van der Waals surface area contributed by atoms with Crippen LogP contribution in [0.1, 0.15) is 40.7 Å². The van der Waals surface area contributed by atoms with E-state index in [1.165, 1.54) is 0 Å². The summed E-state index contributed by atoms with van der Waals surface area (Å²) in [6.45, 7) is 1.91. The largest absolute Gasteiger partial charge is 0.360 e. The Morgan fingerprint density at radius 3 is 3.00 bits per heavy atom. The van der Waals surface area contributed by atoms with E-state index in [1.54, 1.807) is 16.9 Å². The minimum atomic E-state index is -0.293. The molecule has 4 rings (SSSR count). The maximum absolute atomic E-state index is 12.2. The molecule has 3 aromatic heterocycles. The molecule has 7 nitrogen and oxygen atoms in total. The molecule has 0 spiro atoms. The number of rotatable bonds is 3. The average molecular weight is 297 g/mol. The summed E-state index contributed by atoms with van der Waals surface area (Å²) in [5, 5.41) is 11.9. The van der Waals surface area contributed by atoms with Crippen LogP contribution in [0.2, 0.25) is 0 Å². The van der Waals surface area contributed by atoms with Crippen molar-refractivity contribution in [2.45, 2.75) is 25.7 Å². The molecule has 1 aliphatic rings. The lowest BCUT2D eigenvalue weighted by molar-refractivity contribution is 0.101. The Morgan fingerprint density at radius 2 is 2.23 bits per heavy atom. The van der Waals surface area contributed by atoms with E-state index in [0.717, 1.165) is 35.3 Å². The van der Waals surface area contributed by atoms with Crippen molar-refractivity contribution < 1.29 is 9.32 Å². The number of carbonyl (C=O) groups excluding carboxylic acids is 1. The topological polar surface area (TPSA) is 85.8 Å². The summed E-state index contributed by atoms with van der Waals surface area (Å²) in [6.07, 6.45) is 3.83. The number of hydrogen-bond donors (Lipinski definition) is 1. The van der Waals surface area contributed by atoms with Gasteiger partial charge in [0.2, 0.25) is 0 Å². The second-order valence-corrected chi connectivity index (χ2v) is 5.65. The Morgan fingerprint density at radius 1 is 1.41 bits per heavy atom. The van der Waals surface area contributed by atoms with Crippen molar-refractivity contribution in [1.29, 1.82) is 0 Å². The van der Waals surface area contributed by atoms with E-state index >= 15 is 0 Å². The number of hydrogen-bond acceptors (Lipinski definition) is 5. The van der Waals surface area contributed by atoms with Gasteiger partial charge in [0, 0.05) is 24.4 Å². The van der Waals surface area contributed by atoms with Gasteiger partial charge in [0.25, 0.3) is 5.91 Å². The van der Waals surface area contributed by atoms with Gasteiger partial charge in [-0.15, -0.1) is 0 Å². The van der Waals surface area contributed by atoms with Crippen molar-refractivity contribution in [3.05, 3.63) is 35.5 Å². The molecule has 3 aromatic rings.